The number of nitrogens with zero attached hydrogens (tertiary/aromatic N) is 1. The van der Waals surface area contributed by atoms with Crippen LogP contribution in [0, 0.1) is 5.82 Å². The molecule has 1 aliphatic carbocycles. The number of esters is 1. The first-order chi connectivity index (χ1) is 16.5. The standard InChI is InChI=1S/C28H30ClFN2O3/c1-16(2)35-27(34)22-14-32(26(33)18-7-9-20(30)10-8-18)15-28(4,5)24-21-13-19(29)12-17(3)6-11-23(21)31-25(22)24/h7-10,12-14,16,31H,6,11,15H2,1-5H3/b17-12-,19-13+. The Kier molecular flexibility index (Phi) is 6.78. The predicted molar refractivity (Wildman–Crippen MR) is 136 cm³/mol. The molecule has 1 amide bonds. The molecule has 1 aromatic heterocycles. The number of carbonyl (C=O) groups excluding carboxylic acids is 2. The van der Waals surface area contributed by atoms with Crippen molar-refractivity contribution in [2.45, 2.75) is 59.0 Å². The van der Waals surface area contributed by atoms with Crippen LogP contribution in [0.4, 0.5) is 4.39 Å². The Morgan fingerprint density at radius 2 is 1.83 bits per heavy atom. The van der Waals surface area contributed by atoms with Gasteiger partial charge in [-0.3, -0.25) is 4.79 Å². The molecule has 2 heterocycles. The quantitative estimate of drug-likeness (QED) is 0.503. The van der Waals surface area contributed by atoms with E-state index in [1.165, 1.54) is 34.7 Å². The fraction of sp³-hybridized carbons (Fsp3) is 0.357. The number of halogens is 2. The van der Waals surface area contributed by atoms with Crippen molar-refractivity contribution in [3.8, 4) is 0 Å². The molecular formula is C28H30ClFN2O3. The van der Waals surface area contributed by atoms with Gasteiger partial charge in [-0.2, -0.15) is 0 Å². The van der Waals surface area contributed by atoms with Crippen molar-refractivity contribution in [1.29, 1.82) is 0 Å². The Hall–Kier alpha value is -3.12. The number of fused-ring (bicyclic) bond motifs is 3. The van der Waals surface area contributed by atoms with Crippen LogP contribution in [0.5, 0.6) is 0 Å². The van der Waals surface area contributed by atoms with Gasteiger partial charge in [-0.05, 0) is 75.6 Å². The van der Waals surface area contributed by atoms with Crippen molar-refractivity contribution in [3.63, 3.8) is 0 Å². The second kappa shape index (κ2) is 9.50. The SMILES string of the molecule is C/C1=C/C(Cl)=C\c2c([nH]c3c2C(C)(C)CN(C(=O)c2ccc(F)cc2)C=C3C(=O)OC(C)C)CC1. The van der Waals surface area contributed by atoms with Crippen LogP contribution in [0.1, 0.15) is 73.9 Å². The first kappa shape index (κ1) is 25.0. The number of nitrogens with one attached hydrogen (secondary N) is 1. The molecule has 0 atom stereocenters. The van der Waals surface area contributed by atoms with Gasteiger partial charge in [0.2, 0.25) is 0 Å². The smallest absolute Gasteiger partial charge is 0.342 e. The van der Waals surface area contributed by atoms with Gasteiger partial charge < -0.3 is 14.6 Å². The Labute approximate surface area is 210 Å². The Balaban J connectivity index is 1.89. The maximum atomic E-state index is 13.5. The molecule has 1 N–H and O–H groups in total. The fourth-order valence-corrected chi connectivity index (χ4v) is 5.02. The van der Waals surface area contributed by atoms with E-state index in [1.54, 1.807) is 20.0 Å². The second-order valence-electron chi connectivity index (χ2n) is 10.1. The van der Waals surface area contributed by atoms with Crippen LogP contribution < -0.4 is 0 Å². The van der Waals surface area contributed by atoms with E-state index in [9.17, 15) is 14.0 Å². The van der Waals surface area contributed by atoms with E-state index in [4.69, 9.17) is 16.3 Å². The number of allylic oxidation sites excluding steroid dienone is 3. The normalized spacial score (nSPS) is 20.2. The molecular weight excluding hydrogens is 467 g/mol. The zero-order chi connectivity index (χ0) is 25.5. The van der Waals surface area contributed by atoms with Crippen LogP contribution in [0.25, 0.3) is 11.6 Å². The van der Waals surface area contributed by atoms with Crippen molar-refractivity contribution >= 4 is 35.1 Å². The summed E-state index contributed by atoms with van der Waals surface area (Å²) in [5, 5.41) is 0.611. The van der Waals surface area contributed by atoms with Gasteiger partial charge in [0.15, 0.2) is 0 Å². The number of benzene rings is 1. The lowest BCUT2D eigenvalue weighted by molar-refractivity contribution is -0.140. The number of amides is 1. The molecule has 184 valence electrons. The fourth-order valence-electron chi connectivity index (χ4n) is 4.73. The molecule has 7 heteroatoms. The van der Waals surface area contributed by atoms with Crippen molar-refractivity contribution in [3.05, 3.63) is 81.0 Å². The second-order valence-corrected chi connectivity index (χ2v) is 10.5. The molecule has 0 saturated heterocycles. The number of aryl methyl sites for hydroxylation is 1. The number of aromatic amines is 1. The zero-order valence-electron chi connectivity index (χ0n) is 20.7. The van der Waals surface area contributed by atoms with Gasteiger partial charge in [0.1, 0.15) is 5.82 Å². The Morgan fingerprint density at radius 3 is 2.49 bits per heavy atom. The summed E-state index contributed by atoms with van der Waals surface area (Å²) in [4.78, 5) is 31.7. The number of hydrogen-bond donors (Lipinski definition) is 1. The highest BCUT2D eigenvalue weighted by atomic mass is 35.5. The first-order valence-corrected chi connectivity index (χ1v) is 12.1. The summed E-state index contributed by atoms with van der Waals surface area (Å²) in [5.74, 6) is -1.27. The van der Waals surface area contributed by atoms with Crippen LogP contribution >= 0.6 is 11.6 Å². The summed E-state index contributed by atoms with van der Waals surface area (Å²) in [5.41, 5.74) is 4.73. The summed E-state index contributed by atoms with van der Waals surface area (Å²) in [7, 11) is 0. The third-order valence-electron chi connectivity index (χ3n) is 6.27. The number of rotatable bonds is 3. The largest absolute Gasteiger partial charge is 0.459 e. The van der Waals surface area contributed by atoms with Crippen LogP contribution in [0.15, 0.2) is 47.1 Å². The van der Waals surface area contributed by atoms with Gasteiger partial charge in [0, 0.05) is 40.0 Å². The van der Waals surface area contributed by atoms with Crippen LogP contribution in [0.3, 0.4) is 0 Å². The van der Waals surface area contributed by atoms with Crippen molar-refractivity contribution in [1.82, 2.24) is 9.88 Å². The van der Waals surface area contributed by atoms with E-state index in [-0.39, 0.29) is 17.6 Å². The van der Waals surface area contributed by atoms with Gasteiger partial charge in [0.25, 0.3) is 5.91 Å². The topological polar surface area (TPSA) is 62.4 Å². The third-order valence-corrected chi connectivity index (χ3v) is 6.49. The van der Waals surface area contributed by atoms with Gasteiger partial charge in [-0.15, -0.1) is 0 Å². The van der Waals surface area contributed by atoms with E-state index in [0.717, 1.165) is 29.7 Å². The number of hydrogen-bond acceptors (Lipinski definition) is 3. The predicted octanol–water partition coefficient (Wildman–Crippen LogP) is 6.35. The van der Waals surface area contributed by atoms with E-state index < -0.39 is 17.2 Å². The molecule has 0 fully saturated rings. The number of H-pyrrole nitrogens is 1. The average Bonchev–Trinajstić information content (AvgIpc) is 3.05. The molecule has 0 unspecified atom stereocenters. The summed E-state index contributed by atoms with van der Waals surface area (Å²) in [6.07, 6.45) is 6.72. The maximum Gasteiger partial charge on any atom is 0.342 e. The molecule has 5 nitrogen and oxygen atoms in total. The monoisotopic (exact) mass is 496 g/mol. The zero-order valence-corrected chi connectivity index (χ0v) is 21.4. The van der Waals surface area contributed by atoms with Gasteiger partial charge >= 0.3 is 5.97 Å². The van der Waals surface area contributed by atoms with E-state index in [0.29, 0.717) is 22.8 Å². The third kappa shape index (κ3) is 5.13. The van der Waals surface area contributed by atoms with Crippen molar-refractivity contribution < 1.29 is 18.7 Å². The molecule has 0 bridgehead atoms. The first-order valence-electron chi connectivity index (χ1n) is 11.8. The molecule has 2 aromatic rings. The van der Waals surface area contributed by atoms with Gasteiger partial charge in [-0.25, -0.2) is 9.18 Å². The van der Waals surface area contributed by atoms with Crippen LogP contribution in [-0.4, -0.2) is 34.4 Å². The van der Waals surface area contributed by atoms with Gasteiger partial charge in [0.05, 0.1) is 17.4 Å². The van der Waals surface area contributed by atoms with E-state index in [1.807, 2.05) is 32.9 Å². The molecule has 0 radical (unpaired) electrons. The molecule has 0 spiro atoms. The minimum Gasteiger partial charge on any atom is -0.459 e. The Bertz CT molecular complexity index is 1270. The van der Waals surface area contributed by atoms with E-state index >= 15 is 0 Å². The lowest BCUT2D eigenvalue weighted by Crippen LogP contribution is -2.37. The minimum absolute atomic E-state index is 0.274. The minimum atomic E-state index is -0.545. The van der Waals surface area contributed by atoms with Crippen LogP contribution in [0.2, 0.25) is 0 Å². The molecule has 0 saturated carbocycles. The average molecular weight is 497 g/mol. The molecule has 1 aliphatic heterocycles. The summed E-state index contributed by atoms with van der Waals surface area (Å²) < 4.78 is 19.0. The summed E-state index contributed by atoms with van der Waals surface area (Å²) in [6, 6.07) is 5.39. The summed E-state index contributed by atoms with van der Waals surface area (Å²) >= 11 is 6.56. The molecule has 35 heavy (non-hydrogen) atoms. The van der Waals surface area contributed by atoms with E-state index in [2.05, 4.69) is 4.98 Å². The van der Waals surface area contributed by atoms with Crippen molar-refractivity contribution in [2.24, 2.45) is 0 Å². The van der Waals surface area contributed by atoms with Gasteiger partial charge in [-0.1, -0.05) is 31.0 Å². The molecule has 4 rings (SSSR count). The molecule has 1 aromatic carbocycles. The number of ether oxygens (including phenoxy) is 1. The number of aromatic nitrogens is 1. The van der Waals surface area contributed by atoms with Crippen molar-refractivity contribution in [2.75, 3.05) is 6.54 Å². The summed E-state index contributed by atoms with van der Waals surface area (Å²) in [6.45, 7) is 10.00. The highest BCUT2D eigenvalue weighted by Crippen LogP contribution is 2.42. The molecule has 2 aliphatic rings. The Morgan fingerprint density at radius 1 is 1.14 bits per heavy atom. The highest BCUT2D eigenvalue weighted by molar-refractivity contribution is 6.33. The van der Waals surface area contributed by atoms with Crippen LogP contribution in [-0.2, 0) is 21.4 Å². The highest BCUT2D eigenvalue weighted by Gasteiger charge is 2.39. The lowest BCUT2D eigenvalue weighted by atomic mass is 9.80. The maximum absolute atomic E-state index is 13.5. The number of carbonyl (C=O) groups is 2. The lowest BCUT2D eigenvalue weighted by Gasteiger charge is -2.30.